The molecule has 2 rings (SSSR count). The van der Waals surface area contributed by atoms with Crippen LogP contribution in [0.3, 0.4) is 0 Å². The van der Waals surface area contributed by atoms with E-state index in [1.54, 1.807) is 12.1 Å². The molecule has 1 saturated heterocycles. The number of carbonyl (C=O) groups is 2. The third-order valence-corrected chi connectivity index (χ3v) is 3.26. The minimum absolute atomic E-state index is 0.163. The highest BCUT2D eigenvalue weighted by atomic mass is 16.4. The van der Waals surface area contributed by atoms with E-state index in [0.717, 1.165) is 24.9 Å². The Bertz CT molecular complexity index is 464. The second kappa shape index (κ2) is 5.84. The van der Waals surface area contributed by atoms with Crippen LogP contribution in [0.2, 0.25) is 0 Å². The zero-order chi connectivity index (χ0) is 13.8. The Hall–Kier alpha value is -1.88. The first kappa shape index (κ1) is 13.5. The molecule has 0 aromatic heterocycles. The summed E-state index contributed by atoms with van der Waals surface area (Å²) in [7, 11) is 0. The molecular weight excluding hydrogens is 244 g/mol. The fraction of sp³-hybridized carbons (Fsp3) is 0.429. The Balaban J connectivity index is 2.21. The van der Waals surface area contributed by atoms with Gasteiger partial charge in [0.15, 0.2) is 0 Å². The Morgan fingerprint density at radius 3 is 2.58 bits per heavy atom. The monoisotopic (exact) mass is 262 g/mol. The Labute approximate surface area is 112 Å². The van der Waals surface area contributed by atoms with E-state index in [9.17, 15) is 9.59 Å². The smallest absolute Gasteiger partial charge is 0.323 e. The number of amides is 1. The van der Waals surface area contributed by atoms with Crippen molar-refractivity contribution >= 4 is 17.6 Å². The molecule has 5 nitrogen and oxygen atoms in total. The molecule has 1 aromatic rings. The van der Waals surface area contributed by atoms with Crippen LogP contribution in [0.25, 0.3) is 0 Å². The van der Waals surface area contributed by atoms with E-state index >= 15 is 0 Å². The molecule has 0 unspecified atom stereocenters. The number of carbonyl (C=O) groups excluding carboxylic acids is 1. The maximum absolute atomic E-state index is 12.4. The van der Waals surface area contributed by atoms with E-state index in [2.05, 4.69) is 5.32 Å². The summed E-state index contributed by atoms with van der Waals surface area (Å²) in [5.74, 6) is -1.17. The van der Waals surface area contributed by atoms with Crippen LogP contribution >= 0.6 is 0 Å². The van der Waals surface area contributed by atoms with Crippen LogP contribution in [0.15, 0.2) is 24.3 Å². The fourth-order valence-corrected chi connectivity index (χ4v) is 2.24. The van der Waals surface area contributed by atoms with Gasteiger partial charge in [0.25, 0.3) is 0 Å². The lowest BCUT2D eigenvalue weighted by Crippen LogP contribution is -2.46. The lowest BCUT2D eigenvalue weighted by molar-refractivity contribution is -0.136. The van der Waals surface area contributed by atoms with E-state index in [1.165, 1.54) is 4.90 Å². The van der Waals surface area contributed by atoms with E-state index < -0.39 is 5.97 Å². The largest absolute Gasteiger partial charge is 0.480 e. The van der Waals surface area contributed by atoms with Crippen LogP contribution in [-0.2, 0) is 9.59 Å². The van der Waals surface area contributed by atoms with Crippen molar-refractivity contribution < 1.29 is 14.7 Å². The molecule has 1 amide bonds. The summed E-state index contributed by atoms with van der Waals surface area (Å²) >= 11 is 0. The van der Waals surface area contributed by atoms with Gasteiger partial charge in [-0.3, -0.25) is 14.5 Å². The number of carboxylic acids is 1. The molecule has 1 aliphatic heterocycles. The van der Waals surface area contributed by atoms with Crippen molar-refractivity contribution in [1.29, 1.82) is 0 Å². The van der Waals surface area contributed by atoms with Gasteiger partial charge in [-0.1, -0.05) is 17.7 Å². The maximum atomic E-state index is 12.4. The zero-order valence-electron chi connectivity index (χ0n) is 10.9. The van der Waals surface area contributed by atoms with Crippen molar-refractivity contribution in [2.45, 2.75) is 25.8 Å². The number of aliphatic carboxylic acids is 1. The van der Waals surface area contributed by atoms with Crippen LogP contribution in [-0.4, -0.2) is 36.1 Å². The summed E-state index contributed by atoms with van der Waals surface area (Å²) in [5.41, 5.74) is 1.71. The van der Waals surface area contributed by atoms with Gasteiger partial charge < -0.3 is 10.4 Å². The van der Waals surface area contributed by atoms with Crippen molar-refractivity contribution in [3.63, 3.8) is 0 Å². The third kappa shape index (κ3) is 3.32. The molecule has 1 aromatic carbocycles. The molecule has 0 bridgehead atoms. The normalized spacial score (nSPS) is 18.3. The summed E-state index contributed by atoms with van der Waals surface area (Å²) in [4.78, 5) is 24.7. The number of carboxylic acid groups (broad SMARTS) is 1. The first-order valence-corrected chi connectivity index (χ1v) is 6.41. The number of nitrogens with one attached hydrogen (secondary N) is 1. The number of benzene rings is 1. The SMILES string of the molecule is Cc1ccc(N(CC(=O)O)C(=O)[C@@H]2CCCN2)cc1. The van der Waals surface area contributed by atoms with E-state index in [0.29, 0.717) is 5.69 Å². The van der Waals surface area contributed by atoms with Gasteiger partial charge in [-0.2, -0.15) is 0 Å². The van der Waals surface area contributed by atoms with Gasteiger partial charge >= 0.3 is 5.97 Å². The van der Waals surface area contributed by atoms with Gasteiger partial charge in [-0.25, -0.2) is 0 Å². The van der Waals surface area contributed by atoms with E-state index in [-0.39, 0.29) is 18.5 Å². The lowest BCUT2D eigenvalue weighted by Gasteiger charge is -2.24. The van der Waals surface area contributed by atoms with Crippen molar-refractivity contribution in [1.82, 2.24) is 5.32 Å². The van der Waals surface area contributed by atoms with Crippen LogP contribution in [0, 0.1) is 6.92 Å². The summed E-state index contributed by atoms with van der Waals surface area (Å²) in [6, 6.07) is 7.05. The average Bonchev–Trinajstić information content (AvgIpc) is 2.90. The second-order valence-corrected chi connectivity index (χ2v) is 4.80. The molecule has 1 atom stereocenters. The number of rotatable bonds is 4. The van der Waals surface area contributed by atoms with Gasteiger partial charge in [0.1, 0.15) is 6.54 Å². The average molecular weight is 262 g/mol. The van der Waals surface area contributed by atoms with Crippen LogP contribution in [0.1, 0.15) is 18.4 Å². The number of aryl methyl sites for hydroxylation is 1. The predicted molar refractivity (Wildman–Crippen MR) is 72.2 cm³/mol. The third-order valence-electron chi connectivity index (χ3n) is 3.26. The Morgan fingerprint density at radius 2 is 2.05 bits per heavy atom. The van der Waals surface area contributed by atoms with Crippen molar-refractivity contribution in [3.05, 3.63) is 29.8 Å². The summed E-state index contributed by atoms with van der Waals surface area (Å²) in [5, 5.41) is 12.1. The molecule has 102 valence electrons. The van der Waals surface area contributed by atoms with Gasteiger partial charge in [0.05, 0.1) is 6.04 Å². The van der Waals surface area contributed by atoms with Gasteiger partial charge in [-0.05, 0) is 38.4 Å². The van der Waals surface area contributed by atoms with E-state index in [4.69, 9.17) is 5.11 Å². The quantitative estimate of drug-likeness (QED) is 0.854. The molecule has 1 fully saturated rings. The molecule has 0 spiro atoms. The summed E-state index contributed by atoms with van der Waals surface area (Å²) in [6.45, 7) is 2.46. The molecular formula is C14H18N2O3. The molecule has 1 heterocycles. The highest BCUT2D eigenvalue weighted by molar-refractivity contribution is 6.00. The van der Waals surface area contributed by atoms with E-state index in [1.807, 2.05) is 19.1 Å². The number of hydrogen-bond acceptors (Lipinski definition) is 3. The van der Waals surface area contributed by atoms with Crippen molar-refractivity contribution in [2.75, 3.05) is 18.0 Å². The zero-order valence-corrected chi connectivity index (χ0v) is 10.9. The first-order valence-electron chi connectivity index (χ1n) is 6.41. The number of hydrogen-bond donors (Lipinski definition) is 2. The molecule has 1 aliphatic rings. The molecule has 5 heteroatoms. The molecule has 0 aliphatic carbocycles. The topological polar surface area (TPSA) is 69.6 Å². The van der Waals surface area contributed by atoms with Gasteiger partial charge in [0, 0.05) is 5.69 Å². The van der Waals surface area contributed by atoms with Crippen molar-refractivity contribution in [3.8, 4) is 0 Å². The molecule has 19 heavy (non-hydrogen) atoms. The fourth-order valence-electron chi connectivity index (χ4n) is 2.24. The number of nitrogens with zero attached hydrogens (tertiary/aromatic N) is 1. The first-order chi connectivity index (χ1) is 9.08. The lowest BCUT2D eigenvalue weighted by atomic mass is 10.1. The van der Waals surface area contributed by atoms with Crippen molar-refractivity contribution in [2.24, 2.45) is 0 Å². The van der Waals surface area contributed by atoms with Crippen LogP contribution < -0.4 is 10.2 Å². The Morgan fingerprint density at radius 1 is 1.37 bits per heavy atom. The highest BCUT2D eigenvalue weighted by Crippen LogP contribution is 2.18. The Kier molecular flexibility index (Phi) is 4.16. The number of anilines is 1. The second-order valence-electron chi connectivity index (χ2n) is 4.80. The van der Waals surface area contributed by atoms with Gasteiger partial charge in [0.2, 0.25) is 5.91 Å². The highest BCUT2D eigenvalue weighted by Gasteiger charge is 2.28. The van der Waals surface area contributed by atoms with Crippen LogP contribution in [0.4, 0.5) is 5.69 Å². The molecule has 0 saturated carbocycles. The molecule has 0 radical (unpaired) electrons. The minimum atomic E-state index is -1.01. The standard InChI is InChI=1S/C14H18N2O3/c1-10-4-6-11(7-5-10)16(9-13(17)18)14(19)12-3-2-8-15-12/h4-7,12,15H,2-3,8-9H2,1H3,(H,17,18)/t12-/m0/s1. The summed E-state index contributed by atoms with van der Waals surface area (Å²) in [6.07, 6.45) is 1.71. The van der Waals surface area contributed by atoms with Gasteiger partial charge in [-0.15, -0.1) is 0 Å². The predicted octanol–water partition coefficient (Wildman–Crippen LogP) is 1.16. The summed E-state index contributed by atoms with van der Waals surface area (Å²) < 4.78 is 0. The minimum Gasteiger partial charge on any atom is -0.480 e. The molecule has 2 N–H and O–H groups in total. The van der Waals surface area contributed by atoms with Crippen LogP contribution in [0.5, 0.6) is 0 Å². The maximum Gasteiger partial charge on any atom is 0.323 e.